The molecule has 0 aromatic carbocycles. The number of fused-ring (bicyclic) bond motifs is 4. The molecule has 0 aromatic rings. The molecule has 4 rings (SSSR count). The van der Waals surface area contributed by atoms with Crippen LogP contribution in [0, 0.1) is 28.1 Å². The summed E-state index contributed by atoms with van der Waals surface area (Å²) in [6.45, 7) is 9.59. The average Bonchev–Trinajstić information content (AvgIpc) is 2.98. The van der Waals surface area contributed by atoms with Gasteiger partial charge >= 0.3 is 0 Å². The highest BCUT2D eigenvalue weighted by molar-refractivity contribution is 5.22. The van der Waals surface area contributed by atoms with Gasteiger partial charge in [0.1, 0.15) is 0 Å². The van der Waals surface area contributed by atoms with Crippen molar-refractivity contribution in [3.8, 4) is 0 Å². The molecule has 0 heteroatoms. The van der Waals surface area contributed by atoms with E-state index in [0.29, 0.717) is 16.2 Å². The van der Waals surface area contributed by atoms with Gasteiger partial charge in [0.25, 0.3) is 0 Å². The van der Waals surface area contributed by atoms with Crippen molar-refractivity contribution in [1.29, 1.82) is 0 Å². The molecule has 2 fully saturated rings. The molecule has 0 aromatic heterocycles. The monoisotopic (exact) mass is 244 g/mol. The first-order valence-electron chi connectivity index (χ1n) is 7.73. The maximum absolute atomic E-state index is 2.43. The van der Waals surface area contributed by atoms with Crippen LogP contribution in [-0.2, 0) is 0 Å². The Morgan fingerprint density at radius 1 is 0.889 bits per heavy atom. The molecule has 0 spiro atoms. The van der Waals surface area contributed by atoms with Crippen molar-refractivity contribution < 1.29 is 0 Å². The van der Waals surface area contributed by atoms with Crippen LogP contribution in [0.25, 0.3) is 0 Å². The minimum absolute atomic E-state index is 0.525. The molecule has 0 radical (unpaired) electrons. The zero-order valence-electron chi connectivity index (χ0n) is 12.5. The third kappa shape index (κ3) is 1.72. The molecule has 0 nitrogen and oxygen atoms in total. The highest BCUT2D eigenvalue weighted by atomic mass is 14.6. The maximum Gasteiger partial charge on any atom is -0.00895 e. The van der Waals surface area contributed by atoms with Gasteiger partial charge in [-0.2, -0.15) is 0 Å². The second-order valence-corrected chi connectivity index (χ2v) is 8.16. The molecule has 0 amide bonds. The molecule has 0 aliphatic heterocycles. The van der Waals surface area contributed by atoms with Crippen molar-refractivity contribution in [2.24, 2.45) is 28.1 Å². The fourth-order valence-electron chi connectivity index (χ4n) is 4.53. The predicted octanol–water partition coefficient (Wildman–Crippen LogP) is 5.36. The highest BCUT2D eigenvalue weighted by Gasteiger charge is 2.52. The van der Waals surface area contributed by atoms with E-state index in [1.807, 2.05) is 0 Å². The molecule has 2 saturated carbocycles. The summed E-state index contributed by atoms with van der Waals surface area (Å²) in [5.41, 5.74) is 1.70. The Morgan fingerprint density at radius 3 is 1.78 bits per heavy atom. The van der Waals surface area contributed by atoms with Crippen molar-refractivity contribution in [2.75, 3.05) is 0 Å². The Morgan fingerprint density at radius 2 is 1.67 bits per heavy atom. The van der Waals surface area contributed by atoms with E-state index >= 15 is 0 Å². The van der Waals surface area contributed by atoms with Crippen LogP contribution >= 0.6 is 0 Å². The Balaban J connectivity index is 0.000000114. The number of hydrogen-bond donors (Lipinski definition) is 0. The van der Waals surface area contributed by atoms with Gasteiger partial charge in [0.15, 0.2) is 0 Å². The van der Waals surface area contributed by atoms with Gasteiger partial charge in [0, 0.05) is 0 Å². The first-order chi connectivity index (χ1) is 8.35. The van der Waals surface area contributed by atoms with E-state index in [4.69, 9.17) is 0 Å². The van der Waals surface area contributed by atoms with E-state index in [1.54, 1.807) is 0 Å². The summed E-state index contributed by atoms with van der Waals surface area (Å²) in [6, 6.07) is 0. The summed E-state index contributed by atoms with van der Waals surface area (Å²) in [7, 11) is 0. The summed E-state index contributed by atoms with van der Waals surface area (Å²) in [5.74, 6) is 1.83. The predicted molar refractivity (Wildman–Crippen MR) is 78.3 cm³/mol. The van der Waals surface area contributed by atoms with Crippen LogP contribution in [0.5, 0.6) is 0 Å². The largest absolute Gasteiger partial charge is 0.0848 e. The van der Waals surface area contributed by atoms with E-state index in [1.165, 1.54) is 32.1 Å². The molecule has 18 heavy (non-hydrogen) atoms. The van der Waals surface area contributed by atoms with E-state index in [9.17, 15) is 0 Å². The zero-order chi connectivity index (χ0) is 13.0. The molecular weight excluding hydrogens is 216 g/mol. The normalized spacial score (nSPS) is 49.6. The molecule has 4 aliphatic carbocycles. The topological polar surface area (TPSA) is 0 Å². The lowest BCUT2D eigenvalue weighted by atomic mass is 9.71. The van der Waals surface area contributed by atoms with Crippen LogP contribution in [0.3, 0.4) is 0 Å². The van der Waals surface area contributed by atoms with Crippen LogP contribution in [0.1, 0.15) is 59.8 Å². The molecular formula is C18H28. The number of rotatable bonds is 0. The molecule has 4 unspecified atom stereocenters. The maximum atomic E-state index is 2.43. The van der Waals surface area contributed by atoms with Crippen LogP contribution in [0.4, 0.5) is 0 Å². The van der Waals surface area contributed by atoms with E-state index in [0.717, 1.165) is 11.8 Å². The fraction of sp³-hybridized carbons (Fsp3) is 0.778. The number of allylic oxidation sites excluding steroid dienone is 4. The van der Waals surface area contributed by atoms with Crippen LogP contribution in [0.15, 0.2) is 24.3 Å². The Kier molecular flexibility index (Phi) is 2.60. The highest BCUT2D eigenvalue weighted by Crippen LogP contribution is 2.61. The molecule has 0 saturated heterocycles. The summed E-state index contributed by atoms with van der Waals surface area (Å²) >= 11 is 0. The lowest BCUT2D eigenvalue weighted by Crippen LogP contribution is -2.27. The van der Waals surface area contributed by atoms with Gasteiger partial charge in [0.2, 0.25) is 0 Å². The average molecular weight is 244 g/mol. The first-order valence-corrected chi connectivity index (χ1v) is 7.73. The van der Waals surface area contributed by atoms with Crippen LogP contribution in [0.2, 0.25) is 0 Å². The zero-order valence-corrected chi connectivity index (χ0v) is 12.5. The van der Waals surface area contributed by atoms with E-state index < -0.39 is 0 Å². The van der Waals surface area contributed by atoms with Crippen molar-refractivity contribution in [1.82, 2.24) is 0 Å². The third-order valence-corrected chi connectivity index (χ3v) is 6.66. The van der Waals surface area contributed by atoms with Crippen molar-refractivity contribution in [2.45, 2.75) is 59.8 Å². The lowest BCUT2D eigenvalue weighted by molar-refractivity contribution is 0.182. The smallest absolute Gasteiger partial charge is 0.00895 e. The summed E-state index contributed by atoms with van der Waals surface area (Å²) in [5, 5.41) is 0. The summed E-state index contributed by atoms with van der Waals surface area (Å²) < 4.78 is 0. The molecule has 4 aliphatic rings. The second-order valence-electron chi connectivity index (χ2n) is 8.16. The molecule has 100 valence electrons. The first kappa shape index (κ1) is 12.5. The van der Waals surface area contributed by atoms with Crippen molar-refractivity contribution in [3.05, 3.63) is 24.3 Å². The van der Waals surface area contributed by atoms with Crippen molar-refractivity contribution in [3.63, 3.8) is 0 Å². The van der Waals surface area contributed by atoms with Gasteiger partial charge in [-0.3, -0.25) is 0 Å². The van der Waals surface area contributed by atoms with Crippen LogP contribution in [-0.4, -0.2) is 0 Å². The molecule has 4 atom stereocenters. The summed E-state index contributed by atoms with van der Waals surface area (Å²) in [6.07, 6.45) is 16.8. The van der Waals surface area contributed by atoms with Gasteiger partial charge in [-0.15, -0.1) is 0 Å². The quantitative estimate of drug-likeness (QED) is 0.503. The SMILES string of the molecule is CC12C=CC(CC1)C2.CC12C=CC(CC1)C2(C)C. The van der Waals surface area contributed by atoms with E-state index in [-0.39, 0.29) is 0 Å². The Bertz CT molecular complexity index is 400. The molecule has 4 bridgehead atoms. The molecule has 0 heterocycles. The van der Waals surface area contributed by atoms with Crippen LogP contribution < -0.4 is 0 Å². The number of hydrogen-bond acceptors (Lipinski definition) is 0. The minimum atomic E-state index is 0.525. The standard InChI is InChI=1S/C10H16.C8H12/c1-9(2)8-4-6-10(9,3)7-5-8;1-8-4-2-7(6-8)3-5-8/h4,6,8H,5,7H2,1-3H3;2,4,7H,3,5-6H2,1H3. The van der Waals surface area contributed by atoms with E-state index in [2.05, 4.69) is 52.0 Å². The van der Waals surface area contributed by atoms with Gasteiger partial charge in [-0.05, 0) is 60.2 Å². The fourth-order valence-corrected chi connectivity index (χ4v) is 4.53. The minimum Gasteiger partial charge on any atom is -0.0848 e. The van der Waals surface area contributed by atoms with Gasteiger partial charge in [0.05, 0.1) is 0 Å². The van der Waals surface area contributed by atoms with Gasteiger partial charge < -0.3 is 0 Å². The van der Waals surface area contributed by atoms with Gasteiger partial charge in [-0.25, -0.2) is 0 Å². The second kappa shape index (κ2) is 3.74. The Labute approximate surface area is 113 Å². The Hall–Kier alpha value is -0.520. The molecule has 0 N–H and O–H groups in total. The summed E-state index contributed by atoms with van der Waals surface area (Å²) in [4.78, 5) is 0. The third-order valence-electron chi connectivity index (χ3n) is 6.66. The van der Waals surface area contributed by atoms with Gasteiger partial charge in [-0.1, -0.05) is 52.0 Å². The van der Waals surface area contributed by atoms with Crippen molar-refractivity contribution >= 4 is 0 Å². The lowest BCUT2D eigenvalue weighted by Gasteiger charge is -2.33.